The average Bonchev–Trinajstić information content (AvgIpc) is 3.31. The summed E-state index contributed by atoms with van der Waals surface area (Å²) < 4.78 is 0. The zero-order chi connectivity index (χ0) is 26.1. The number of carbonyl (C=O) groups excluding carboxylic acids is 1. The minimum Gasteiger partial charge on any atom is -0.332 e. The molecule has 0 aliphatic rings. The molecule has 0 unspecified atom stereocenters. The first-order chi connectivity index (χ1) is 17.8. The molecule has 5 rings (SSSR count). The van der Waals surface area contributed by atoms with E-state index in [0.717, 1.165) is 34.7 Å². The normalized spacial score (nSPS) is 10.8. The first-order valence-electron chi connectivity index (χ1n) is 10.7. The van der Waals surface area contributed by atoms with Gasteiger partial charge in [0.1, 0.15) is 11.0 Å². The molecule has 0 aliphatic heterocycles. The highest BCUT2D eigenvalue weighted by Gasteiger charge is 2.20. The lowest BCUT2D eigenvalue weighted by molar-refractivity contribution is -0.394. The number of nitro groups is 2. The lowest BCUT2D eigenvalue weighted by Gasteiger charge is -2.09. The molecule has 0 aliphatic carbocycles. The number of aromatic nitrogens is 3. The van der Waals surface area contributed by atoms with Gasteiger partial charge in [0.2, 0.25) is 0 Å². The van der Waals surface area contributed by atoms with Gasteiger partial charge in [0.15, 0.2) is 5.11 Å². The molecular weight excluding hydrogens is 498 g/mol. The lowest BCUT2D eigenvalue weighted by Crippen LogP contribution is -2.34. The van der Waals surface area contributed by atoms with Crippen molar-refractivity contribution in [2.45, 2.75) is 0 Å². The Morgan fingerprint density at radius 2 is 1.51 bits per heavy atom. The molecule has 0 spiro atoms. The van der Waals surface area contributed by atoms with Crippen LogP contribution in [-0.2, 0) is 0 Å². The van der Waals surface area contributed by atoms with Crippen molar-refractivity contribution in [1.29, 1.82) is 0 Å². The van der Waals surface area contributed by atoms with E-state index < -0.39 is 27.1 Å². The molecule has 5 aromatic rings. The van der Waals surface area contributed by atoms with Gasteiger partial charge >= 0.3 is 0 Å². The topological polar surface area (TPSA) is 158 Å². The van der Waals surface area contributed by atoms with Crippen LogP contribution in [0.25, 0.3) is 27.5 Å². The minimum atomic E-state index is -0.840. The number of anilines is 1. The molecule has 0 saturated carbocycles. The second kappa shape index (κ2) is 9.39. The zero-order valence-corrected chi connectivity index (χ0v) is 19.5. The van der Waals surface area contributed by atoms with Crippen molar-refractivity contribution in [3.05, 3.63) is 105 Å². The molecule has 0 atom stereocenters. The summed E-state index contributed by atoms with van der Waals surface area (Å²) in [5.74, 6) is -0.840. The molecule has 0 bridgehead atoms. The Labute approximate surface area is 212 Å². The van der Waals surface area contributed by atoms with Crippen molar-refractivity contribution in [3.8, 4) is 5.69 Å². The summed E-state index contributed by atoms with van der Waals surface area (Å²) in [4.78, 5) is 34.6. The fraction of sp³-hybridized carbons (Fsp3) is 0. The zero-order valence-electron chi connectivity index (χ0n) is 18.7. The number of non-ortho nitro benzene ring substituents is 2. The van der Waals surface area contributed by atoms with Gasteiger partial charge in [-0.1, -0.05) is 36.4 Å². The Morgan fingerprint density at radius 3 is 2.24 bits per heavy atom. The van der Waals surface area contributed by atoms with E-state index >= 15 is 0 Å². The number of amides is 1. The lowest BCUT2D eigenvalue weighted by atomic mass is 10.1. The predicted octanol–water partition coefficient (Wildman–Crippen LogP) is 4.52. The second-order valence-corrected chi connectivity index (χ2v) is 8.26. The number of nitrogens with one attached hydrogen (secondary N) is 2. The maximum Gasteiger partial charge on any atom is 0.277 e. The molecule has 1 aromatic heterocycles. The average molecular weight is 513 g/mol. The Balaban J connectivity index is 1.35. The number of rotatable bonds is 5. The van der Waals surface area contributed by atoms with Crippen LogP contribution in [-0.4, -0.2) is 35.9 Å². The van der Waals surface area contributed by atoms with Crippen LogP contribution < -0.4 is 10.6 Å². The van der Waals surface area contributed by atoms with Crippen LogP contribution in [0.5, 0.6) is 0 Å². The van der Waals surface area contributed by atoms with E-state index in [0.29, 0.717) is 16.7 Å². The number of hydrogen-bond acceptors (Lipinski definition) is 8. The fourth-order valence-electron chi connectivity index (χ4n) is 3.76. The van der Waals surface area contributed by atoms with Gasteiger partial charge in [-0.2, -0.15) is 0 Å². The van der Waals surface area contributed by atoms with Crippen molar-refractivity contribution in [2.75, 3.05) is 5.32 Å². The maximum atomic E-state index is 12.6. The number of nitrogens with zero attached hydrogens (tertiary/aromatic N) is 5. The summed E-state index contributed by atoms with van der Waals surface area (Å²) in [5, 5.41) is 38.4. The molecule has 4 aromatic carbocycles. The Bertz CT molecular complexity index is 1710. The van der Waals surface area contributed by atoms with Gasteiger partial charge < -0.3 is 5.32 Å². The van der Waals surface area contributed by atoms with E-state index in [2.05, 4.69) is 20.8 Å². The van der Waals surface area contributed by atoms with Gasteiger partial charge in [-0.3, -0.25) is 30.3 Å². The number of nitro benzene ring substituents is 2. The van der Waals surface area contributed by atoms with E-state index in [1.165, 1.54) is 0 Å². The van der Waals surface area contributed by atoms with Crippen LogP contribution >= 0.6 is 12.2 Å². The Kier molecular flexibility index (Phi) is 5.95. The van der Waals surface area contributed by atoms with Gasteiger partial charge in [0.05, 0.1) is 27.2 Å². The van der Waals surface area contributed by atoms with Gasteiger partial charge in [-0.15, -0.1) is 15.0 Å². The van der Waals surface area contributed by atoms with E-state index in [9.17, 15) is 25.0 Å². The first-order valence-corrected chi connectivity index (χ1v) is 11.1. The highest BCUT2D eigenvalue weighted by molar-refractivity contribution is 7.80. The molecule has 0 fully saturated rings. The third-order valence-corrected chi connectivity index (χ3v) is 5.64. The van der Waals surface area contributed by atoms with Gasteiger partial charge in [-0.05, 0) is 41.9 Å². The van der Waals surface area contributed by atoms with E-state index in [1.807, 2.05) is 42.5 Å². The second-order valence-electron chi connectivity index (χ2n) is 7.85. The van der Waals surface area contributed by atoms with Crippen LogP contribution in [0.15, 0.2) is 78.9 Å². The molecule has 182 valence electrons. The SMILES string of the molecule is O=C(NC(=S)Nc1ccc2nn(-c3cccc4ccccc34)nc2c1)c1cc([N+](=O)[O-])cc([N+](=O)[O-])c1. The summed E-state index contributed by atoms with van der Waals surface area (Å²) in [6, 6.07) is 21.5. The van der Waals surface area contributed by atoms with Crippen molar-refractivity contribution in [1.82, 2.24) is 20.3 Å². The Morgan fingerprint density at radius 1 is 0.838 bits per heavy atom. The largest absolute Gasteiger partial charge is 0.332 e. The molecule has 2 N–H and O–H groups in total. The van der Waals surface area contributed by atoms with Gasteiger partial charge in [0.25, 0.3) is 17.3 Å². The predicted molar refractivity (Wildman–Crippen MR) is 140 cm³/mol. The number of carbonyl (C=O) groups is 1. The monoisotopic (exact) mass is 513 g/mol. The molecular formula is C24H15N7O5S. The number of hydrogen-bond donors (Lipinski definition) is 2. The van der Waals surface area contributed by atoms with Crippen LogP contribution in [0.4, 0.5) is 17.1 Å². The van der Waals surface area contributed by atoms with Gasteiger partial charge in [-0.25, -0.2) is 0 Å². The number of fused-ring (bicyclic) bond motifs is 2. The molecule has 37 heavy (non-hydrogen) atoms. The molecule has 0 saturated heterocycles. The van der Waals surface area contributed by atoms with Crippen molar-refractivity contribution in [2.24, 2.45) is 0 Å². The number of benzene rings is 4. The Hall–Kier alpha value is -5.30. The van der Waals surface area contributed by atoms with Gasteiger partial charge in [0, 0.05) is 23.2 Å². The third kappa shape index (κ3) is 4.78. The minimum absolute atomic E-state index is 0.111. The first kappa shape index (κ1) is 23.4. The third-order valence-electron chi connectivity index (χ3n) is 5.43. The number of thiocarbonyl (C=S) groups is 1. The van der Waals surface area contributed by atoms with Crippen LogP contribution in [0.1, 0.15) is 10.4 Å². The fourth-order valence-corrected chi connectivity index (χ4v) is 3.97. The molecule has 0 radical (unpaired) electrons. The van der Waals surface area contributed by atoms with Crippen molar-refractivity contribution < 1.29 is 14.6 Å². The van der Waals surface area contributed by atoms with E-state index in [4.69, 9.17) is 12.2 Å². The standard InChI is InChI=1S/C24H15N7O5S/c32-23(15-10-17(30(33)34)13-18(11-15)31(35)36)26-24(37)25-16-8-9-20-21(12-16)28-29(27-20)22-7-3-5-14-4-1-2-6-19(14)22/h1-13H,(H2,25,26,32,37). The highest BCUT2D eigenvalue weighted by atomic mass is 32.1. The molecule has 1 heterocycles. The van der Waals surface area contributed by atoms with Crippen molar-refractivity contribution >= 4 is 62.1 Å². The molecule has 1 amide bonds. The molecule has 12 nitrogen and oxygen atoms in total. The van der Waals surface area contributed by atoms with E-state index in [1.54, 1.807) is 23.0 Å². The summed E-state index contributed by atoms with van der Waals surface area (Å²) in [6.45, 7) is 0. The smallest absolute Gasteiger partial charge is 0.277 e. The van der Waals surface area contributed by atoms with Crippen LogP contribution in [0.2, 0.25) is 0 Å². The summed E-state index contributed by atoms with van der Waals surface area (Å²) in [6.07, 6.45) is 0. The molecule has 13 heteroatoms. The maximum absolute atomic E-state index is 12.6. The van der Waals surface area contributed by atoms with E-state index in [-0.39, 0.29) is 10.7 Å². The van der Waals surface area contributed by atoms with Crippen molar-refractivity contribution in [3.63, 3.8) is 0 Å². The highest BCUT2D eigenvalue weighted by Crippen LogP contribution is 2.24. The quantitative estimate of drug-likeness (QED) is 0.196. The van der Waals surface area contributed by atoms with Crippen LogP contribution in [0, 0.1) is 20.2 Å². The summed E-state index contributed by atoms with van der Waals surface area (Å²) >= 11 is 5.19. The summed E-state index contributed by atoms with van der Waals surface area (Å²) in [5.41, 5.74) is 1.08. The summed E-state index contributed by atoms with van der Waals surface area (Å²) in [7, 11) is 0. The van der Waals surface area contributed by atoms with Crippen LogP contribution in [0.3, 0.4) is 0 Å².